The van der Waals surface area contributed by atoms with E-state index in [9.17, 15) is 9.59 Å². The number of aromatic nitrogens is 2. The number of rotatable bonds is 9. The predicted octanol–water partition coefficient (Wildman–Crippen LogP) is 0.938. The molecule has 0 bridgehead atoms. The molecule has 0 aliphatic carbocycles. The highest BCUT2D eigenvalue weighted by molar-refractivity contribution is 5.78. The second-order valence-corrected chi connectivity index (χ2v) is 5.61. The number of nitrogens with zero attached hydrogens (tertiary/aromatic N) is 3. The molecule has 0 fully saturated rings. The highest BCUT2D eigenvalue weighted by atomic mass is 16.4. The SMILES string of the molecule is CN(CCC(=O)O)CC(=O)NCCc1cnn(-c2ccccc2)c1. The first-order valence-corrected chi connectivity index (χ1v) is 7.80. The average Bonchev–Trinajstić information content (AvgIpc) is 3.02. The minimum Gasteiger partial charge on any atom is -0.481 e. The van der Waals surface area contributed by atoms with Crippen molar-refractivity contribution in [3.63, 3.8) is 0 Å². The smallest absolute Gasteiger partial charge is 0.304 e. The lowest BCUT2D eigenvalue weighted by atomic mass is 10.2. The van der Waals surface area contributed by atoms with Crippen molar-refractivity contribution in [1.82, 2.24) is 20.0 Å². The maximum atomic E-state index is 11.8. The third kappa shape index (κ3) is 5.85. The first-order valence-electron chi connectivity index (χ1n) is 7.80. The zero-order valence-corrected chi connectivity index (χ0v) is 13.7. The van der Waals surface area contributed by atoms with Crippen LogP contribution in [0.3, 0.4) is 0 Å². The molecule has 1 heterocycles. The molecule has 1 aromatic carbocycles. The van der Waals surface area contributed by atoms with Gasteiger partial charge in [-0.15, -0.1) is 0 Å². The fraction of sp³-hybridized carbons (Fsp3) is 0.353. The summed E-state index contributed by atoms with van der Waals surface area (Å²) in [7, 11) is 1.73. The van der Waals surface area contributed by atoms with E-state index in [1.807, 2.05) is 36.5 Å². The number of carboxylic acids is 1. The second-order valence-electron chi connectivity index (χ2n) is 5.61. The lowest BCUT2D eigenvalue weighted by molar-refractivity contribution is -0.137. The molecule has 1 amide bonds. The summed E-state index contributed by atoms with van der Waals surface area (Å²) in [6.45, 7) is 1.06. The summed E-state index contributed by atoms with van der Waals surface area (Å²) in [5, 5.41) is 15.8. The Kier molecular flexibility index (Phi) is 6.51. The number of amides is 1. The number of para-hydroxylation sites is 1. The van der Waals surface area contributed by atoms with Gasteiger partial charge in [0.25, 0.3) is 0 Å². The van der Waals surface area contributed by atoms with E-state index in [-0.39, 0.29) is 18.9 Å². The number of aliphatic carboxylic acids is 1. The van der Waals surface area contributed by atoms with Crippen molar-refractivity contribution in [2.75, 3.05) is 26.7 Å². The highest BCUT2D eigenvalue weighted by Crippen LogP contribution is 2.07. The normalized spacial score (nSPS) is 10.8. The van der Waals surface area contributed by atoms with Gasteiger partial charge in [-0.05, 0) is 31.2 Å². The van der Waals surface area contributed by atoms with Crippen molar-refractivity contribution >= 4 is 11.9 Å². The van der Waals surface area contributed by atoms with Crippen LogP contribution in [0.4, 0.5) is 0 Å². The molecule has 0 radical (unpaired) electrons. The quantitative estimate of drug-likeness (QED) is 0.714. The fourth-order valence-electron chi connectivity index (χ4n) is 2.22. The zero-order valence-electron chi connectivity index (χ0n) is 13.7. The van der Waals surface area contributed by atoms with Gasteiger partial charge >= 0.3 is 5.97 Å². The molecule has 7 heteroatoms. The van der Waals surface area contributed by atoms with Crippen LogP contribution >= 0.6 is 0 Å². The molecule has 0 atom stereocenters. The van der Waals surface area contributed by atoms with Crippen molar-refractivity contribution in [3.8, 4) is 5.69 Å². The highest BCUT2D eigenvalue weighted by Gasteiger charge is 2.08. The first-order chi connectivity index (χ1) is 11.5. The van der Waals surface area contributed by atoms with Crippen LogP contribution in [0.15, 0.2) is 42.7 Å². The summed E-state index contributed by atoms with van der Waals surface area (Å²) in [6.07, 6.45) is 4.46. The van der Waals surface area contributed by atoms with Gasteiger partial charge in [-0.2, -0.15) is 5.10 Å². The van der Waals surface area contributed by atoms with Crippen LogP contribution in [0.5, 0.6) is 0 Å². The van der Waals surface area contributed by atoms with Crippen molar-refractivity contribution in [3.05, 3.63) is 48.3 Å². The monoisotopic (exact) mass is 330 g/mol. The topological polar surface area (TPSA) is 87.5 Å². The second kappa shape index (κ2) is 8.83. The Morgan fingerprint density at radius 1 is 1.29 bits per heavy atom. The molecule has 0 saturated carbocycles. The van der Waals surface area contributed by atoms with Crippen LogP contribution in [0.25, 0.3) is 5.69 Å². The number of hydrogen-bond acceptors (Lipinski definition) is 4. The van der Waals surface area contributed by atoms with Crippen LogP contribution in [0.1, 0.15) is 12.0 Å². The van der Waals surface area contributed by atoms with Gasteiger partial charge in [0, 0.05) is 19.3 Å². The van der Waals surface area contributed by atoms with E-state index >= 15 is 0 Å². The number of carbonyl (C=O) groups excluding carboxylic acids is 1. The van der Waals surface area contributed by atoms with E-state index in [1.165, 1.54) is 0 Å². The zero-order chi connectivity index (χ0) is 17.4. The number of benzene rings is 1. The van der Waals surface area contributed by atoms with Gasteiger partial charge in [0.05, 0.1) is 24.8 Å². The molecule has 0 aliphatic rings. The number of carbonyl (C=O) groups is 2. The predicted molar refractivity (Wildman–Crippen MR) is 90.0 cm³/mol. The van der Waals surface area contributed by atoms with Gasteiger partial charge in [-0.25, -0.2) is 4.68 Å². The molecule has 7 nitrogen and oxygen atoms in total. The van der Waals surface area contributed by atoms with E-state index < -0.39 is 5.97 Å². The van der Waals surface area contributed by atoms with Gasteiger partial charge in [0.15, 0.2) is 0 Å². The van der Waals surface area contributed by atoms with Gasteiger partial charge in [-0.1, -0.05) is 18.2 Å². The maximum absolute atomic E-state index is 11.8. The Bertz CT molecular complexity index is 669. The third-order valence-electron chi connectivity index (χ3n) is 3.51. The molecule has 0 spiro atoms. The molecule has 0 unspecified atom stereocenters. The minimum atomic E-state index is -0.863. The molecular formula is C17H22N4O3. The first kappa shape index (κ1) is 17.7. The number of carboxylic acid groups (broad SMARTS) is 1. The van der Waals surface area contributed by atoms with Crippen molar-refractivity contribution < 1.29 is 14.7 Å². The summed E-state index contributed by atoms with van der Waals surface area (Å²) in [5.41, 5.74) is 2.03. The van der Waals surface area contributed by atoms with Crippen LogP contribution in [0.2, 0.25) is 0 Å². The van der Waals surface area contributed by atoms with E-state index in [0.717, 1.165) is 11.3 Å². The average molecular weight is 330 g/mol. The molecule has 2 rings (SSSR count). The van der Waals surface area contributed by atoms with Crippen molar-refractivity contribution in [2.24, 2.45) is 0 Å². The van der Waals surface area contributed by atoms with E-state index in [0.29, 0.717) is 19.5 Å². The molecule has 24 heavy (non-hydrogen) atoms. The number of nitrogens with one attached hydrogen (secondary N) is 1. The summed E-state index contributed by atoms with van der Waals surface area (Å²) in [5.74, 6) is -0.976. The van der Waals surface area contributed by atoms with Gasteiger partial charge in [0.2, 0.25) is 5.91 Å². The molecule has 2 N–H and O–H groups in total. The van der Waals surface area contributed by atoms with Crippen molar-refractivity contribution in [2.45, 2.75) is 12.8 Å². The Hall–Kier alpha value is -2.67. The molecule has 0 aliphatic heterocycles. The number of hydrogen-bond donors (Lipinski definition) is 2. The van der Waals surface area contributed by atoms with E-state index in [1.54, 1.807) is 22.8 Å². The maximum Gasteiger partial charge on any atom is 0.304 e. The van der Waals surface area contributed by atoms with Crippen LogP contribution in [0, 0.1) is 0 Å². The van der Waals surface area contributed by atoms with Gasteiger partial charge in [0.1, 0.15) is 0 Å². The standard InChI is InChI=1S/C17H22N4O3/c1-20(10-8-17(23)24)13-16(22)18-9-7-14-11-19-21(12-14)15-5-3-2-4-6-15/h2-6,11-12H,7-10,13H2,1H3,(H,18,22)(H,23,24). The largest absolute Gasteiger partial charge is 0.481 e. The third-order valence-corrected chi connectivity index (χ3v) is 3.51. The molecule has 128 valence electrons. The van der Waals surface area contributed by atoms with E-state index in [4.69, 9.17) is 5.11 Å². The summed E-state index contributed by atoms with van der Waals surface area (Å²) < 4.78 is 1.80. The minimum absolute atomic E-state index is 0.0302. The van der Waals surface area contributed by atoms with Gasteiger partial charge < -0.3 is 10.4 Å². The van der Waals surface area contributed by atoms with Crippen LogP contribution in [-0.4, -0.2) is 58.3 Å². The fourth-order valence-corrected chi connectivity index (χ4v) is 2.22. The summed E-state index contributed by atoms with van der Waals surface area (Å²) >= 11 is 0. The molecule has 2 aromatic rings. The van der Waals surface area contributed by atoms with Crippen molar-refractivity contribution in [1.29, 1.82) is 0 Å². The van der Waals surface area contributed by atoms with Crippen LogP contribution < -0.4 is 5.32 Å². The molecule has 0 saturated heterocycles. The van der Waals surface area contributed by atoms with E-state index in [2.05, 4.69) is 10.4 Å². The Balaban J connectivity index is 1.71. The Labute approximate surface area is 140 Å². The summed E-state index contributed by atoms with van der Waals surface area (Å²) in [4.78, 5) is 24.0. The van der Waals surface area contributed by atoms with Gasteiger partial charge in [-0.3, -0.25) is 14.5 Å². The Morgan fingerprint density at radius 2 is 2.04 bits per heavy atom. The number of likely N-dealkylation sites (N-methyl/N-ethyl adjacent to an activating group) is 1. The van der Waals surface area contributed by atoms with Crippen LogP contribution in [-0.2, 0) is 16.0 Å². The summed E-state index contributed by atoms with van der Waals surface area (Å²) in [6, 6.07) is 9.82. The molecule has 1 aromatic heterocycles. The lowest BCUT2D eigenvalue weighted by Crippen LogP contribution is -2.36. The lowest BCUT2D eigenvalue weighted by Gasteiger charge is -2.14. The molecular weight excluding hydrogens is 308 g/mol. The Morgan fingerprint density at radius 3 is 2.75 bits per heavy atom.